The molecule has 0 unspecified atom stereocenters. The molecule has 23 heavy (non-hydrogen) atoms. The summed E-state index contributed by atoms with van der Waals surface area (Å²) in [6.45, 7) is 1.56. The summed E-state index contributed by atoms with van der Waals surface area (Å²) in [6.07, 6.45) is -4.47. The van der Waals surface area contributed by atoms with Crippen LogP contribution in [0.2, 0.25) is 5.02 Å². The number of rotatable bonds is 2. The number of alkyl halides is 3. The molecule has 0 radical (unpaired) electrons. The van der Waals surface area contributed by atoms with Crippen molar-refractivity contribution in [1.82, 2.24) is 19.6 Å². The monoisotopic (exact) mass is 342 g/mol. The number of hydrogen-bond acceptors (Lipinski definition) is 3. The number of fused-ring (bicyclic) bond motifs is 1. The molecule has 0 saturated heterocycles. The van der Waals surface area contributed by atoms with Crippen molar-refractivity contribution in [3.8, 4) is 0 Å². The Morgan fingerprint density at radius 2 is 2.04 bits per heavy atom. The van der Waals surface area contributed by atoms with Gasteiger partial charge in [0.15, 0.2) is 0 Å². The van der Waals surface area contributed by atoms with E-state index in [9.17, 15) is 18.0 Å². The summed E-state index contributed by atoms with van der Waals surface area (Å²) in [5, 5.41) is 2.46. The quantitative estimate of drug-likeness (QED) is 0.778. The summed E-state index contributed by atoms with van der Waals surface area (Å²) in [7, 11) is 0. The van der Waals surface area contributed by atoms with Crippen LogP contribution in [-0.4, -0.2) is 19.6 Å². The molecule has 5 nitrogen and oxygen atoms in total. The van der Waals surface area contributed by atoms with Crippen molar-refractivity contribution in [3.05, 3.63) is 62.3 Å². The minimum Gasteiger partial charge on any atom is -0.267 e. The summed E-state index contributed by atoms with van der Waals surface area (Å²) in [5.41, 5.74) is 0.753. The van der Waals surface area contributed by atoms with Crippen molar-refractivity contribution in [2.75, 3.05) is 0 Å². The largest absolute Gasteiger partial charge is 0.451 e. The van der Waals surface area contributed by atoms with Gasteiger partial charge in [0.05, 0.1) is 5.69 Å². The van der Waals surface area contributed by atoms with Crippen LogP contribution in [0.5, 0.6) is 0 Å². The van der Waals surface area contributed by atoms with Crippen LogP contribution < -0.4 is 5.56 Å². The summed E-state index contributed by atoms with van der Waals surface area (Å²) in [6, 6.07) is 6.88. The topological polar surface area (TPSA) is 63.1 Å². The molecule has 0 bridgehead atoms. The molecule has 0 amide bonds. The first-order valence-corrected chi connectivity index (χ1v) is 6.93. The third kappa shape index (κ3) is 2.94. The SMILES string of the molecule is Cc1nc2nc(C(F)(F)F)[nH]n2c(=O)c1Cc1cccc(Cl)c1. The van der Waals surface area contributed by atoms with E-state index in [1.165, 1.54) is 0 Å². The highest BCUT2D eigenvalue weighted by molar-refractivity contribution is 6.30. The number of aryl methyl sites for hydroxylation is 1. The van der Waals surface area contributed by atoms with Crippen LogP contribution in [0, 0.1) is 6.92 Å². The number of aromatic amines is 1. The molecule has 0 aliphatic heterocycles. The zero-order chi connectivity index (χ0) is 16.8. The molecule has 0 saturated carbocycles. The third-order valence-corrected chi connectivity index (χ3v) is 3.57. The van der Waals surface area contributed by atoms with Crippen molar-refractivity contribution >= 4 is 17.4 Å². The molecule has 0 spiro atoms. The lowest BCUT2D eigenvalue weighted by Gasteiger charge is -2.05. The van der Waals surface area contributed by atoms with E-state index in [2.05, 4.69) is 9.97 Å². The fourth-order valence-electron chi connectivity index (χ4n) is 2.24. The van der Waals surface area contributed by atoms with Crippen LogP contribution >= 0.6 is 11.6 Å². The summed E-state index contributed by atoms with van der Waals surface area (Å²) in [5.74, 6) is -1.57. The predicted octanol–water partition coefficient (Wildman–Crippen LogP) is 2.99. The van der Waals surface area contributed by atoms with Crippen LogP contribution in [0.25, 0.3) is 5.78 Å². The van der Waals surface area contributed by atoms with Gasteiger partial charge in [-0.2, -0.15) is 22.7 Å². The smallest absolute Gasteiger partial charge is 0.267 e. The van der Waals surface area contributed by atoms with E-state index >= 15 is 0 Å². The molecular formula is C14H10ClF3N4O. The first-order chi connectivity index (χ1) is 10.8. The molecular weight excluding hydrogens is 333 g/mol. The fraction of sp³-hybridized carbons (Fsp3) is 0.214. The average Bonchev–Trinajstić information content (AvgIpc) is 2.87. The highest BCUT2D eigenvalue weighted by atomic mass is 35.5. The Bertz CT molecular complexity index is 945. The predicted molar refractivity (Wildman–Crippen MR) is 77.6 cm³/mol. The number of hydrogen-bond donors (Lipinski definition) is 1. The van der Waals surface area contributed by atoms with Gasteiger partial charge >= 0.3 is 6.18 Å². The lowest BCUT2D eigenvalue weighted by molar-refractivity contribution is -0.144. The molecule has 9 heteroatoms. The summed E-state index contributed by atoms with van der Waals surface area (Å²) in [4.78, 5) is 19.7. The van der Waals surface area contributed by atoms with Gasteiger partial charge in [0, 0.05) is 17.0 Å². The second kappa shape index (κ2) is 5.38. The van der Waals surface area contributed by atoms with Gasteiger partial charge in [-0.05, 0) is 24.6 Å². The lowest BCUT2D eigenvalue weighted by atomic mass is 10.1. The number of halogens is 4. The van der Waals surface area contributed by atoms with Gasteiger partial charge in [-0.25, -0.2) is 4.98 Å². The third-order valence-electron chi connectivity index (χ3n) is 3.33. The summed E-state index contributed by atoms with van der Waals surface area (Å²) >= 11 is 5.90. The van der Waals surface area contributed by atoms with Crippen molar-refractivity contribution in [3.63, 3.8) is 0 Å². The minimum absolute atomic E-state index is 0.210. The van der Waals surface area contributed by atoms with E-state index in [0.29, 0.717) is 15.2 Å². The van der Waals surface area contributed by atoms with E-state index in [1.54, 1.807) is 31.2 Å². The van der Waals surface area contributed by atoms with Crippen molar-refractivity contribution in [1.29, 1.82) is 0 Å². The molecule has 0 fully saturated rings. The van der Waals surface area contributed by atoms with E-state index in [-0.39, 0.29) is 17.8 Å². The maximum absolute atomic E-state index is 12.7. The molecule has 3 aromatic rings. The second-order valence-corrected chi connectivity index (χ2v) is 5.43. The van der Waals surface area contributed by atoms with E-state index in [0.717, 1.165) is 5.56 Å². The molecule has 0 aliphatic carbocycles. The number of aromatic nitrogens is 4. The molecule has 120 valence electrons. The number of nitrogens with zero attached hydrogens (tertiary/aromatic N) is 3. The maximum atomic E-state index is 12.7. The number of H-pyrrole nitrogens is 1. The molecule has 2 aromatic heterocycles. The van der Waals surface area contributed by atoms with Gasteiger partial charge in [0.2, 0.25) is 5.82 Å². The normalized spacial score (nSPS) is 12.0. The van der Waals surface area contributed by atoms with Crippen LogP contribution in [0.3, 0.4) is 0 Å². The lowest BCUT2D eigenvalue weighted by Crippen LogP contribution is -2.22. The Kier molecular flexibility index (Phi) is 3.63. The van der Waals surface area contributed by atoms with Crippen LogP contribution in [0.15, 0.2) is 29.1 Å². The second-order valence-electron chi connectivity index (χ2n) is 4.99. The van der Waals surface area contributed by atoms with Crippen LogP contribution in [0.1, 0.15) is 22.6 Å². The van der Waals surface area contributed by atoms with E-state index < -0.39 is 17.6 Å². The Morgan fingerprint density at radius 3 is 2.70 bits per heavy atom. The summed E-state index contributed by atoms with van der Waals surface area (Å²) < 4.78 is 38.8. The fourth-order valence-corrected chi connectivity index (χ4v) is 2.45. The van der Waals surface area contributed by atoms with Crippen LogP contribution in [0.4, 0.5) is 13.2 Å². The Labute approximate surface area is 132 Å². The van der Waals surface area contributed by atoms with Crippen molar-refractivity contribution in [2.24, 2.45) is 0 Å². The highest BCUT2D eigenvalue weighted by Crippen LogP contribution is 2.26. The van der Waals surface area contributed by atoms with Crippen molar-refractivity contribution < 1.29 is 13.2 Å². The number of benzene rings is 1. The molecule has 0 atom stereocenters. The first kappa shape index (κ1) is 15.5. The van der Waals surface area contributed by atoms with E-state index in [4.69, 9.17) is 11.6 Å². The van der Waals surface area contributed by atoms with Gasteiger partial charge in [0.1, 0.15) is 0 Å². The van der Waals surface area contributed by atoms with Gasteiger partial charge in [-0.15, -0.1) is 0 Å². The van der Waals surface area contributed by atoms with Gasteiger partial charge < -0.3 is 0 Å². The van der Waals surface area contributed by atoms with Gasteiger partial charge in [-0.1, -0.05) is 23.7 Å². The minimum atomic E-state index is -4.68. The molecule has 3 rings (SSSR count). The average molecular weight is 343 g/mol. The Morgan fingerprint density at radius 1 is 1.30 bits per heavy atom. The van der Waals surface area contributed by atoms with Crippen LogP contribution in [-0.2, 0) is 12.6 Å². The molecule has 1 aromatic carbocycles. The van der Waals surface area contributed by atoms with Crippen molar-refractivity contribution in [2.45, 2.75) is 19.5 Å². The Hall–Kier alpha value is -2.35. The standard InChI is InChI=1S/C14H10ClF3N4O/c1-7-10(6-8-3-2-4-9(15)5-8)11(23)22-13(19-7)20-12(21-22)14(16,17)18/h2-5H,6H2,1H3,(H,19,20,21). The Balaban J connectivity index is 2.13. The number of nitrogens with one attached hydrogen (secondary N) is 1. The zero-order valence-corrected chi connectivity index (χ0v) is 12.5. The molecule has 0 aliphatic rings. The van der Waals surface area contributed by atoms with Gasteiger partial charge in [0.25, 0.3) is 11.3 Å². The highest BCUT2D eigenvalue weighted by Gasteiger charge is 2.35. The van der Waals surface area contributed by atoms with E-state index in [1.807, 2.05) is 5.10 Å². The maximum Gasteiger partial charge on any atom is 0.451 e. The first-order valence-electron chi connectivity index (χ1n) is 6.55. The van der Waals surface area contributed by atoms with Gasteiger partial charge in [-0.3, -0.25) is 9.89 Å². The molecule has 1 N–H and O–H groups in total. The molecule has 2 heterocycles. The zero-order valence-electron chi connectivity index (χ0n) is 11.8.